The highest BCUT2D eigenvalue weighted by Crippen LogP contribution is 2.20. The van der Waals surface area contributed by atoms with Crippen molar-refractivity contribution in [3.8, 4) is 0 Å². The first-order chi connectivity index (χ1) is 10.7. The van der Waals surface area contributed by atoms with E-state index in [0.29, 0.717) is 18.4 Å². The average Bonchev–Trinajstić information content (AvgIpc) is 2.45. The molecule has 0 radical (unpaired) electrons. The molecule has 0 bridgehead atoms. The molecule has 1 amide bonds. The molecule has 1 rings (SSSR count). The summed E-state index contributed by atoms with van der Waals surface area (Å²) in [6.45, 7) is 11.3. The van der Waals surface area contributed by atoms with E-state index in [2.05, 4.69) is 55.0 Å². The zero-order valence-electron chi connectivity index (χ0n) is 15.1. The molecule has 0 aliphatic heterocycles. The first-order valence-electron chi connectivity index (χ1n) is 8.06. The highest BCUT2D eigenvalue weighted by atomic mass is 32.2. The summed E-state index contributed by atoms with van der Waals surface area (Å²) >= 11 is 1.73. The molecule has 1 aromatic rings. The molecule has 0 aliphatic rings. The van der Waals surface area contributed by atoms with Crippen LogP contribution in [0.15, 0.2) is 29.2 Å². The van der Waals surface area contributed by atoms with Crippen LogP contribution in [0.3, 0.4) is 0 Å². The zero-order valence-corrected chi connectivity index (χ0v) is 15.9. The molecule has 0 heterocycles. The van der Waals surface area contributed by atoms with Crippen LogP contribution in [0.5, 0.6) is 0 Å². The summed E-state index contributed by atoms with van der Waals surface area (Å²) in [5, 5.41) is 6.34. The number of carbonyl (C=O) groups excluding carboxylic acids is 1. The Morgan fingerprint density at radius 1 is 1.26 bits per heavy atom. The Kier molecular flexibility index (Phi) is 7.76. The Balaban J connectivity index is 2.50. The molecule has 0 saturated heterocycles. The van der Waals surface area contributed by atoms with Crippen LogP contribution in [0.25, 0.3) is 0 Å². The van der Waals surface area contributed by atoms with Crippen LogP contribution in [0.1, 0.15) is 34.6 Å². The third-order valence-corrected chi connectivity index (χ3v) is 4.21. The van der Waals surface area contributed by atoms with Crippen molar-refractivity contribution >= 4 is 23.5 Å². The predicted octanol–water partition coefficient (Wildman–Crippen LogP) is 4.62. The first kappa shape index (κ1) is 19.7. The summed E-state index contributed by atoms with van der Waals surface area (Å²) in [5.74, 6) is 0.793. The van der Waals surface area contributed by atoms with Crippen molar-refractivity contribution < 1.29 is 9.53 Å². The van der Waals surface area contributed by atoms with Crippen molar-refractivity contribution in [2.24, 2.45) is 11.8 Å². The second-order valence-electron chi connectivity index (χ2n) is 7.00. The molecule has 0 saturated carbocycles. The minimum Gasteiger partial charge on any atom is -0.444 e. The van der Waals surface area contributed by atoms with Gasteiger partial charge in [0, 0.05) is 23.7 Å². The van der Waals surface area contributed by atoms with Crippen molar-refractivity contribution in [1.29, 1.82) is 0 Å². The Bertz CT molecular complexity index is 498. The molecule has 0 aromatic heterocycles. The number of nitrogens with one attached hydrogen (secondary N) is 2. The van der Waals surface area contributed by atoms with Crippen molar-refractivity contribution in [3.63, 3.8) is 0 Å². The molecular formula is C18H30N2O2S. The second kappa shape index (κ2) is 9.06. The number of thioether (sulfide) groups is 1. The fourth-order valence-corrected chi connectivity index (χ4v) is 2.51. The minimum atomic E-state index is -0.464. The smallest absolute Gasteiger partial charge is 0.407 e. The van der Waals surface area contributed by atoms with Crippen molar-refractivity contribution in [2.45, 2.75) is 45.1 Å². The highest BCUT2D eigenvalue weighted by molar-refractivity contribution is 7.98. The van der Waals surface area contributed by atoms with Gasteiger partial charge in [0.2, 0.25) is 0 Å². The SMILES string of the molecule is CSc1cccc(NCC(CNC(=O)OC(C)(C)C)C(C)C)c1. The lowest BCUT2D eigenvalue weighted by Gasteiger charge is -2.24. The van der Waals surface area contributed by atoms with Gasteiger partial charge in [0.05, 0.1) is 0 Å². The predicted molar refractivity (Wildman–Crippen MR) is 99.3 cm³/mol. The number of amides is 1. The summed E-state index contributed by atoms with van der Waals surface area (Å²) in [6.07, 6.45) is 1.72. The molecule has 1 atom stereocenters. The zero-order chi connectivity index (χ0) is 17.5. The summed E-state index contributed by atoms with van der Waals surface area (Å²) in [5.41, 5.74) is 0.647. The van der Waals surface area contributed by atoms with Gasteiger partial charge >= 0.3 is 6.09 Å². The molecule has 4 nitrogen and oxygen atoms in total. The summed E-state index contributed by atoms with van der Waals surface area (Å²) in [7, 11) is 0. The molecule has 130 valence electrons. The first-order valence-corrected chi connectivity index (χ1v) is 9.28. The average molecular weight is 339 g/mol. The summed E-state index contributed by atoms with van der Waals surface area (Å²) in [6, 6.07) is 8.36. The number of ether oxygens (including phenoxy) is 1. The number of anilines is 1. The second-order valence-corrected chi connectivity index (χ2v) is 7.88. The van der Waals surface area contributed by atoms with Crippen molar-refractivity contribution in [2.75, 3.05) is 24.7 Å². The van der Waals surface area contributed by atoms with Crippen LogP contribution in [0.4, 0.5) is 10.5 Å². The maximum Gasteiger partial charge on any atom is 0.407 e. The fourth-order valence-electron chi connectivity index (χ4n) is 2.05. The number of rotatable bonds is 7. The largest absolute Gasteiger partial charge is 0.444 e. The van der Waals surface area contributed by atoms with Gasteiger partial charge < -0.3 is 15.4 Å². The molecule has 23 heavy (non-hydrogen) atoms. The van der Waals surface area contributed by atoms with Crippen LogP contribution >= 0.6 is 11.8 Å². The maximum absolute atomic E-state index is 11.8. The van der Waals surface area contributed by atoms with E-state index >= 15 is 0 Å². The van der Waals surface area contributed by atoms with E-state index in [1.54, 1.807) is 11.8 Å². The topological polar surface area (TPSA) is 50.4 Å². The molecule has 0 spiro atoms. The normalized spacial score (nSPS) is 12.8. The van der Waals surface area contributed by atoms with E-state index in [4.69, 9.17) is 4.74 Å². The number of carbonyl (C=O) groups is 1. The molecule has 0 aliphatic carbocycles. The van der Waals surface area contributed by atoms with Crippen LogP contribution in [-0.4, -0.2) is 31.0 Å². The maximum atomic E-state index is 11.8. The van der Waals surface area contributed by atoms with Gasteiger partial charge in [0.15, 0.2) is 0 Å². The van der Waals surface area contributed by atoms with Gasteiger partial charge in [-0.05, 0) is 57.1 Å². The highest BCUT2D eigenvalue weighted by Gasteiger charge is 2.19. The van der Waals surface area contributed by atoms with E-state index in [1.165, 1.54) is 4.90 Å². The number of alkyl carbamates (subject to hydrolysis) is 1. The van der Waals surface area contributed by atoms with Crippen LogP contribution in [0, 0.1) is 11.8 Å². The monoisotopic (exact) mass is 338 g/mol. The van der Waals surface area contributed by atoms with E-state index < -0.39 is 5.60 Å². The van der Waals surface area contributed by atoms with Gasteiger partial charge in [0.25, 0.3) is 0 Å². The van der Waals surface area contributed by atoms with Crippen LogP contribution in [-0.2, 0) is 4.74 Å². The van der Waals surface area contributed by atoms with E-state index in [9.17, 15) is 4.79 Å². The summed E-state index contributed by atoms with van der Waals surface area (Å²) in [4.78, 5) is 13.0. The number of benzene rings is 1. The number of hydrogen-bond donors (Lipinski definition) is 2. The standard InChI is InChI=1S/C18H30N2O2S/c1-13(2)14(12-20-17(21)22-18(3,4)5)11-19-15-8-7-9-16(10-15)23-6/h7-10,13-14,19H,11-12H2,1-6H3,(H,20,21). The third-order valence-electron chi connectivity index (χ3n) is 3.49. The van der Waals surface area contributed by atoms with Gasteiger partial charge in [0.1, 0.15) is 5.60 Å². The van der Waals surface area contributed by atoms with E-state index in [1.807, 2.05) is 20.8 Å². The van der Waals surface area contributed by atoms with Crippen LogP contribution < -0.4 is 10.6 Å². The quantitative estimate of drug-likeness (QED) is 0.712. The van der Waals surface area contributed by atoms with E-state index in [-0.39, 0.29) is 6.09 Å². The van der Waals surface area contributed by atoms with Crippen molar-refractivity contribution in [3.05, 3.63) is 24.3 Å². The lowest BCUT2D eigenvalue weighted by molar-refractivity contribution is 0.0516. The molecule has 1 unspecified atom stereocenters. The molecule has 0 fully saturated rings. The minimum absolute atomic E-state index is 0.334. The van der Waals surface area contributed by atoms with Gasteiger partial charge in [-0.1, -0.05) is 19.9 Å². The van der Waals surface area contributed by atoms with Gasteiger partial charge in [-0.2, -0.15) is 0 Å². The fraction of sp³-hybridized carbons (Fsp3) is 0.611. The van der Waals surface area contributed by atoms with E-state index in [0.717, 1.165) is 12.2 Å². The Labute approximate surface area is 144 Å². The number of hydrogen-bond acceptors (Lipinski definition) is 4. The molecule has 5 heteroatoms. The molecular weight excluding hydrogens is 308 g/mol. The third kappa shape index (κ3) is 8.16. The molecule has 1 aromatic carbocycles. The molecule has 2 N–H and O–H groups in total. The summed E-state index contributed by atoms with van der Waals surface area (Å²) < 4.78 is 5.29. The van der Waals surface area contributed by atoms with Gasteiger partial charge in [-0.15, -0.1) is 11.8 Å². The lowest BCUT2D eigenvalue weighted by atomic mass is 9.95. The van der Waals surface area contributed by atoms with Gasteiger partial charge in [-0.3, -0.25) is 0 Å². The van der Waals surface area contributed by atoms with Crippen LogP contribution in [0.2, 0.25) is 0 Å². The van der Waals surface area contributed by atoms with Crippen molar-refractivity contribution in [1.82, 2.24) is 5.32 Å². The Morgan fingerprint density at radius 2 is 1.96 bits per heavy atom. The Hall–Kier alpha value is -1.36. The Morgan fingerprint density at radius 3 is 2.52 bits per heavy atom. The van der Waals surface area contributed by atoms with Gasteiger partial charge in [-0.25, -0.2) is 4.79 Å². The lowest BCUT2D eigenvalue weighted by Crippen LogP contribution is -2.38.